The Bertz CT molecular complexity index is 525. The number of amides is 1. The van der Waals surface area contributed by atoms with E-state index in [9.17, 15) is 14.4 Å². The van der Waals surface area contributed by atoms with E-state index >= 15 is 0 Å². The molecule has 2 rings (SSSR count). The molecular formula is C11H13N3O4. The lowest BCUT2D eigenvalue weighted by Gasteiger charge is -2.33. The Morgan fingerprint density at radius 2 is 2.22 bits per heavy atom. The van der Waals surface area contributed by atoms with Gasteiger partial charge < -0.3 is 20.3 Å². The third-order valence-electron chi connectivity index (χ3n) is 2.84. The number of nitrogens with zero attached hydrogens (tertiary/aromatic N) is 1. The Morgan fingerprint density at radius 1 is 1.44 bits per heavy atom. The molecule has 1 unspecified atom stereocenters. The van der Waals surface area contributed by atoms with E-state index in [0.717, 1.165) is 0 Å². The van der Waals surface area contributed by atoms with Gasteiger partial charge in [0.05, 0.1) is 0 Å². The van der Waals surface area contributed by atoms with Gasteiger partial charge in [-0.25, -0.2) is 4.79 Å². The van der Waals surface area contributed by atoms with Crippen LogP contribution in [-0.4, -0.2) is 52.5 Å². The second kappa shape index (κ2) is 5.01. The highest BCUT2D eigenvalue weighted by Crippen LogP contribution is 2.08. The smallest absolute Gasteiger partial charge is 0.327 e. The van der Waals surface area contributed by atoms with E-state index < -0.39 is 23.5 Å². The van der Waals surface area contributed by atoms with Gasteiger partial charge in [0, 0.05) is 25.8 Å². The number of hydrogen-bond donors (Lipinski definition) is 3. The molecule has 18 heavy (non-hydrogen) atoms. The molecule has 7 nitrogen and oxygen atoms in total. The van der Waals surface area contributed by atoms with Crippen molar-refractivity contribution in [1.82, 2.24) is 15.2 Å². The molecule has 0 saturated carbocycles. The number of aromatic amines is 1. The largest absolute Gasteiger partial charge is 0.480 e. The standard InChI is InChI=1S/C11H13N3O4/c15-9-7(2-1-3-13-9)10(16)14-5-4-12-6-8(14)11(17)18/h1-3,8,12H,4-6H2,(H,13,15)(H,17,18). The van der Waals surface area contributed by atoms with Crippen LogP contribution < -0.4 is 10.9 Å². The van der Waals surface area contributed by atoms with Crippen molar-refractivity contribution in [2.75, 3.05) is 19.6 Å². The molecule has 96 valence electrons. The highest BCUT2D eigenvalue weighted by Gasteiger charge is 2.33. The van der Waals surface area contributed by atoms with Gasteiger partial charge in [0.1, 0.15) is 11.6 Å². The first-order valence-electron chi connectivity index (χ1n) is 5.53. The number of nitrogens with one attached hydrogen (secondary N) is 2. The number of carbonyl (C=O) groups is 2. The fraction of sp³-hybridized carbons (Fsp3) is 0.364. The maximum absolute atomic E-state index is 12.2. The summed E-state index contributed by atoms with van der Waals surface area (Å²) in [5.41, 5.74) is -0.546. The van der Waals surface area contributed by atoms with Gasteiger partial charge in [-0.05, 0) is 12.1 Å². The summed E-state index contributed by atoms with van der Waals surface area (Å²) in [6.07, 6.45) is 1.42. The summed E-state index contributed by atoms with van der Waals surface area (Å²) < 4.78 is 0. The van der Waals surface area contributed by atoms with Crippen molar-refractivity contribution < 1.29 is 14.7 Å². The van der Waals surface area contributed by atoms with E-state index in [-0.39, 0.29) is 18.7 Å². The third kappa shape index (κ3) is 2.25. The first kappa shape index (κ1) is 12.3. The molecule has 1 fully saturated rings. The topological polar surface area (TPSA) is 102 Å². The lowest BCUT2D eigenvalue weighted by atomic mass is 10.1. The van der Waals surface area contributed by atoms with Crippen LogP contribution in [0.4, 0.5) is 0 Å². The fourth-order valence-electron chi connectivity index (χ4n) is 1.91. The highest BCUT2D eigenvalue weighted by molar-refractivity contribution is 5.96. The first-order valence-corrected chi connectivity index (χ1v) is 5.53. The molecule has 1 aromatic rings. The Morgan fingerprint density at radius 3 is 2.89 bits per heavy atom. The number of carbonyl (C=O) groups excluding carboxylic acids is 1. The number of carboxylic acids is 1. The summed E-state index contributed by atoms with van der Waals surface area (Å²) in [6, 6.07) is 1.99. The summed E-state index contributed by atoms with van der Waals surface area (Å²) in [4.78, 5) is 38.3. The lowest BCUT2D eigenvalue weighted by Crippen LogP contribution is -2.57. The fourth-order valence-corrected chi connectivity index (χ4v) is 1.91. The number of pyridine rings is 1. The summed E-state index contributed by atoms with van der Waals surface area (Å²) in [6.45, 7) is 0.968. The van der Waals surface area contributed by atoms with E-state index in [4.69, 9.17) is 5.11 Å². The molecule has 0 aromatic carbocycles. The normalized spacial score (nSPS) is 19.6. The predicted molar refractivity (Wildman–Crippen MR) is 62.4 cm³/mol. The van der Waals surface area contributed by atoms with Crippen molar-refractivity contribution in [2.24, 2.45) is 0 Å². The van der Waals surface area contributed by atoms with Crippen LogP contribution in [0.25, 0.3) is 0 Å². The predicted octanol–water partition coefficient (Wildman–Crippen LogP) is -1.13. The minimum absolute atomic E-state index is 0.0364. The molecule has 1 amide bonds. The Kier molecular flexibility index (Phi) is 3.42. The van der Waals surface area contributed by atoms with Crippen LogP contribution in [0.15, 0.2) is 23.1 Å². The average Bonchev–Trinajstić information content (AvgIpc) is 2.38. The van der Waals surface area contributed by atoms with Gasteiger partial charge in [-0.2, -0.15) is 0 Å². The van der Waals surface area contributed by atoms with Crippen LogP contribution in [0, 0.1) is 0 Å². The zero-order valence-electron chi connectivity index (χ0n) is 9.55. The van der Waals surface area contributed by atoms with Crippen LogP contribution in [0.1, 0.15) is 10.4 Å². The minimum Gasteiger partial charge on any atom is -0.480 e. The molecule has 1 atom stereocenters. The van der Waals surface area contributed by atoms with Crippen molar-refractivity contribution in [2.45, 2.75) is 6.04 Å². The maximum Gasteiger partial charge on any atom is 0.327 e. The molecule has 0 aliphatic carbocycles. The monoisotopic (exact) mass is 251 g/mol. The van der Waals surface area contributed by atoms with Crippen molar-refractivity contribution in [3.8, 4) is 0 Å². The van der Waals surface area contributed by atoms with Crippen molar-refractivity contribution in [1.29, 1.82) is 0 Å². The van der Waals surface area contributed by atoms with Crippen LogP contribution >= 0.6 is 0 Å². The van der Waals surface area contributed by atoms with Crippen molar-refractivity contribution in [3.05, 3.63) is 34.2 Å². The molecule has 3 N–H and O–H groups in total. The number of piperazine rings is 1. The molecule has 1 aromatic heterocycles. The van der Waals surface area contributed by atoms with Gasteiger partial charge in [0.15, 0.2) is 0 Å². The van der Waals surface area contributed by atoms with Gasteiger partial charge in [0.2, 0.25) is 0 Å². The second-order valence-electron chi connectivity index (χ2n) is 3.97. The van der Waals surface area contributed by atoms with Crippen molar-refractivity contribution >= 4 is 11.9 Å². The Hall–Kier alpha value is -2.15. The molecule has 7 heteroatoms. The van der Waals surface area contributed by atoms with E-state index in [0.29, 0.717) is 6.54 Å². The summed E-state index contributed by atoms with van der Waals surface area (Å²) in [5.74, 6) is -1.63. The molecule has 1 aliphatic rings. The average molecular weight is 251 g/mol. The Balaban J connectivity index is 2.29. The molecule has 1 saturated heterocycles. The third-order valence-corrected chi connectivity index (χ3v) is 2.84. The SMILES string of the molecule is O=C(O)C1CNCCN1C(=O)c1ccc[nH]c1=O. The van der Waals surface area contributed by atoms with Gasteiger partial charge >= 0.3 is 5.97 Å². The number of carboxylic acid groups (broad SMARTS) is 1. The molecule has 2 heterocycles. The summed E-state index contributed by atoms with van der Waals surface area (Å²) in [5, 5.41) is 12.0. The van der Waals surface area contributed by atoms with E-state index in [1.807, 2.05) is 0 Å². The van der Waals surface area contributed by atoms with Crippen molar-refractivity contribution in [3.63, 3.8) is 0 Å². The number of hydrogen-bond acceptors (Lipinski definition) is 4. The molecule has 0 radical (unpaired) electrons. The zero-order valence-corrected chi connectivity index (χ0v) is 9.55. The zero-order chi connectivity index (χ0) is 13.1. The van der Waals surface area contributed by atoms with Crippen LogP contribution in [0.3, 0.4) is 0 Å². The second-order valence-corrected chi connectivity index (χ2v) is 3.97. The van der Waals surface area contributed by atoms with Crippen LogP contribution in [0.5, 0.6) is 0 Å². The van der Waals surface area contributed by atoms with Crippen LogP contribution in [0.2, 0.25) is 0 Å². The lowest BCUT2D eigenvalue weighted by molar-refractivity contribution is -0.142. The number of aliphatic carboxylic acids is 1. The summed E-state index contributed by atoms with van der Waals surface area (Å²) >= 11 is 0. The minimum atomic E-state index is -1.08. The molecular weight excluding hydrogens is 238 g/mol. The molecule has 1 aliphatic heterocycles. The van der Waals surface area contributed by atoms with Gasteiger partial charge in [0.25, 0.3) is 11.5 Å². The Labute approximate surface area is 102 Å². The highest BCUT2D eigenvalue weighted by atomic mass is 16.4. The van der Waals surface area contributed by atoms with E-state index in [2.05, 4.69) is 10.3 Å². The number of rotatable bonds is 2. The molecule has 0 spiro atoms. The summed E-state index contributed by atoms with van der Waals surface area (Å²) in [7, 11) is 0. The van der Waals surface area contributed by atoms with Gasteiger partial charge in [-0.3, -0.25) is 9.59 Å². The number of aromatic nitrogens is 1. The van der Waals surface area contributed by atoms with E-state index in [1.165, 1.54) is 23.2 Å². The van der Waals surface area contributed by atoms with Gasteiger partial charge in [-0.1, -0.05) is 0 Å². The van der Waals surface area contributed by atoms with Gasteiger partial charge in [-0.15, -0.1) is 0 Å². The maximum atomic E-state index is 12.2. The molecule has 0 bridgehead atoms. The first-order chi connectivity index (χ1) is 8.61. The quantitative estimate of drug-likeness (QED) is 0.617. The van der Waals surface area contributed by atoms with E-state index in [1.54, 1.807) is 0 Å². The van der Waals surface area contributed by atoms with Crippen LogP contribution in [-0.2, 0) is 4.79 Å². The number of H-pyrrole nitrogens is 1.